The molecule has 4 rings (SSSR count). The largest absolute Gasteiger partial charge is 0.351 e. The predicted molar refractivity (Wildman–Crippen MR) is 113 cm³/mol. The van der Waals surface area contributed by atoms with Crippen molar-refractivity contribution in [1.82, 2.24) is 20.8 Å². The number of fused-ring (bicyclic) bond motifs is 3. The summed E-state index contributed by atoms with van der Waals surface area (Å²) in [7, 11) is 1.89. The molecule has 2 fully saturated rings. The molecule has 1 amide bonds. The third-order valence-electron chi connectivity index (χ3n) is 7.12. The molecule has 2 saturated carbocycles. The van der Waals surface area contributed by atoms with Crippen molar-refractivity contribution < 1.29 is 4.79 Å². The first-order valence-corrected chi connectivity index (χ1v) is 10.8. The molecule has 0 saturated heterocycles. The molecule has 152 valence electrons. The lowest BCUT2D eigenvalue weighted by molar-refractivity contribution is -0.125. The van der Waals surface area contributed by atoms with Crippen LogP contribution in [0.1, 0.15) is 50.7 Å². The highest BCUT2D eigenvalue weighted by molar-refractivity contribution is 5.84. The highest BCUT2D eigenvalue weighted by Crippen LogP contribution is 2.44. The van der Waals surface area contributed by atoms with Gasteiger partial charge in [-0.25, -0.2) is 0 Å². The third kappa shape index (κ3) is 3.82. The van der Waals surface area contributed by atoms with Crippen molar-refractivity contribution in [2.75, 3.05) is 7.05 Å². The summed E-state index contributed by atoms with van der Waals surface area (Å²) >= 11 is 0. The van der Waals surface area contributed by atoms with E-state index in [2.05, 4.69) is 53.7 Å². The Balaban J connectivity index is 1.46. The molecule has 1 heterocycles. The number of carbonyl (C=O) groups excluding carboxylic acids is 1. The Kier molecular flexibility index (Phi) is 5.46. The molecule has 6 unspecified atom stereocenters. The van der Waals surface area contributed by atoms with Gasteiger partial charge in [-0.2, -0.15) is 5.10 Å². The number of hydrogen-bond donors (Lipinski definition) is 3. The molecule has 2 aromatic rings. The maximum absolute atomic E-state index is 13.1. The number of aryl methyl sites for hydroxylation is 1. The SMILES string of the molecule is CNC(Cc1cc(C)c2[nH]ncc2c1)C(=O)NC1C(C)CC2CC(C)CC1C2. The molecule has 0 spiro atoms. The van der Waals surface area contributed by atoms with Gasteiger partial charge in [0.15, 0.2) is 0 Å². The van der Waals surface area contributed by atoms with Crippen molar-refractivity contribution >= 4 is 16.8 Å². The molecule has 5 nitrogen and oxygen atoms in total. The lowest BCUT2D eigenvalue weighted by atomic mass is 9.63. The predicted octanol–water partition coefficient (Wildman–Crippen LogP) is 3.58. The molecule has 2 bridgehead atoms. The number of amides is 1. The summed E-state index contributed by atoms with van der Waals surface area (Å²) in [5.41, 5.74) is 3.42. The number of carbonyl (C=O) groups is 1. The van der Waals surface area contributed by atoms with Crippen LogP contribution in [0.15, 0.2) is 18.3 Å². The number of likely N-dealkylation sites (N-methyl/N-ethyl adjacent to an activating group) is 1. The van der Waals surface area contributed by atoms with Crippen molar-refractivity contribution in [3.8, 4) is 0 Å². The van der Waals surface area contributed by atoms with E-state index in [4.69, 9.17) is 0 Å². The van der Waals surface area contributed by atoms with Gasteiger partial charge in [0.25, 0.3) is 0 Å². The molecule has 0 radical (unpaired) electrons. The van der Waals surface area contributed by atoms with Crippen LogP contribution in [0.25, 0.3) is 10.9 Å². The summed E-state index contributed by atoms with van der Waals surface area (Å²) in [6, 6.07) is 4.41. The van der Waals surface area contributed by atoms with E-state index < -0.39 is 0 Å². The Morgan fingerprint density at radius 3 is 2.86 bits per heavy atom. The van der Waals surface area contributed by atoms with E-state index in [1.54, 1.807) is 0 Å². The average Bonchev–Trinajstić information content (AvgIpc) is 3.11. The van der Waals surface area contributed by atoms with Gasteiger partial charge in [0.05, 0.1) is 17.8 Å². The first-order valence-electron chi connectivity index (χ1n) is 10.8. The number of nitrogens with one attached hydrogen (secondary N) is 3. The Bertz CT molecular complexity index is 840. The monoisotopic (exact) mass is 382 g/mol. The van der Waals surface area contributed by atoms with E-state index in [1.165, 1.54) is 36.8 Å². The zero-order valence-electron chi connectivity index (χ0n) is 17.6. The van der Waals surface area contributed by atoms with Gasteiger partial charge in [-0.05, 0) is 86.9 Å². The minimum Gasteiger partial charge on any atom is -0.351 e. The Morgan fingerprint density at radius 1 is 1.25 bits per heavy atom. The van der Waals surface area contributed by atoms with E-state index in [-0.39, 0.29) is 11.9 Å². The van der Waals surface area contributed by atoms with Gasteiger partial charge < -0.3 is 10.6 Å². The smallest absolute Gasteiger partial charge is 0.237 e. The fraction of sp³-hybridized carbons (Fsp3) is 0.652. The summed E-state index contributed by atoms with van der Waals surface area (Å²) in [5.74, 6) is 3.01. The number of hydrogen-bond acceptors (Lipinski definition) is 3. The van der Waals surface area contributed by atoms with Crippen molar-refractivity contribution in [1.29, 1.82) is 0 Å². The van der Waals surface area contributed by atoms with Gasteiger partial charge in [-0.1, -0.05) is 19.9 Å². The Morgan fingerprint density at radius 2 is 2.07 bits per heavy atom. The van der Waals surface area contributed by atoms with Crippen molar-refractivity contribution in [3.63, 3.8) is 0 Å². The molecular formula is C23H34N4O. The highest BCUT2D eigenvalue weighted by Gasteiger charge is 2.41. The number of aromatic amines is 1. The van der Waals surface area contributed by atoms with Crippen LogP contribution in [0.5, 0.6) is 0 Å². The molecule has 2 aliphatic carbocycles. The van der Waals surface area contributed by atoms with Gasteiger partial charge in [-0.3, -0.25) is 9.89 Å². The van der Waals surface area contributed by atoms with Gasteiger partial charge in [0.2, 0.25) is 5.91 Å². The molecule has 6 atom stereocenters. The summed E-state index contributed by atoms with van der Waals surface area (Å²) in [6.07, 6.45) is 7.72. The molecule has 1 aromatic carbocycles. The van der Waals surface area contributed by atoms with Crippen LogP contribution in [-0.4, -0.2) is 35.2 Å². The first kappa shape index (κ1) is 19.4. The van der Waals surface area contributed by atoms with Crippen molar-refractivity contribution in [3.05, 3.63) is 29.5 Å². The lowest BCUT2D eigenvalue weighted by Gasteiger charge is -2.46. The third-order valence-corrected chi connectivity index (χ3v) is 7.12. The molecular weight excluding hydrogens is 348 g/mol. The fourth-order valence-electron chi connectivity index (χ4n) is 5.94. The molecule has 0 aliphatic heterocycles. The first-order chi connectivity index (χ1) is 13.4. The molecule has 1 aromatic heterocycles. The van der Waals surface area contributed by atoms with Crippen LogP contribution in [0, 0.1) is 30.6 Å². The summed E-state index contributed by atoms with van der Waals surface area (Å²) in [4.78, 5) is 13.1. The number of benzene rings is 1. The second-order valence-corrected chi connectivity index (χ2v) is 9.48. The van der Waals surface area contributed by atoms with Crippen LogP contribution >= 0.6 is 0 Å². The minimum atomic E-state index is -0.213. The minimum absolute atomic E-state index is 0.140. The molecule has 5 heteroatoms. The second-order valence-electron chi connectivity index (χ2n) is 9.48. The fourth-order valence-corrected chi connectivity index (χ4v) is 5.94. The number of aromatic nitrogens is 2. The van der Waals surface area contributed by atoms with Crippen molar-refractivity contribution in [2.45, 2.75) is 65.0 Å². The maximum Gasteiger partial charge on any atom is 0.237 e. The van der Waals surface area contributed by atoms with E-state index in [0.29, 0.717) is 24.3 Å². The number of rotatable bonds is 5. The van der Waals surface area contributed by atoms with E-state index >= 15 is 0 Å². The highest BCUT2D eigenvalue weighted by atomic mass is 16.2. The average molecular weight is 383 g/mol. The second kappa shape index (κ2) is 7.86. The summed E-state index contributed by atoms with van der Waals surface area (Å²) < 4.78 is 0. The van der Waals surface area contributed by atoms with E-state index in [1.807, 2.05) is 13.2 Å². The number of nitrogens with zero attached hydrogens (tertiary/aromatic N) is 1. The van der Waals surface area contributed by atoms with Gasteiger partial charge in [0.1, 0.15) is 0 Å². The summed E-state index contributed by atoms with van der Waals surface area (Å²) in [6.45, 7) is 6.78. The quantitative estimate of drug-likeness (QED) is 0.740. The van der Waals surface area contributed by atoms with Crippen LogP contribution in [0.4, 0.5) is 0 Å². The van der Waals surface area contributed by atoms with Gasteiger partial charge in [-0.15, -0.1) is 0 Å². The number of H-pyrrole nitrogens is 1. The van der Waals surface area contributed by atoms with Gasteiger partial charge >= 0.3 is 0 Å². The topological polar surface area (TPSA) is 69.8 Å². The molecule has 2 aliphatic rings. The van der Waals surface area contributed by atoms with Gasteiger partial charge in [0, 0.05) is 11.4 Å². The van der Waals surface area contributed by atoms with Crippen LogP contribution in [0.3, 0.4) is 0 Å². The maximum atomic E-state index is 13.1. The van der Waals surface area contributed by atoms with E-state index in [9.17, 15) is 4.79 Å². The standard InChI is InChI=1S/C23H34N4O/c1-13-5-16-7-14(2)21(18(6-13)9-16)26-23(28)20(24-4)11-17-8-15(3)22-19(10-17)12-25-27-22/h8,10,12-14,16,18,20-21,24H,5-7,9,11H2,1-4H3,(H,25,27)(H,26,28). The van der Waals surface area contributed by atoms with E-state index in [0.717, 1.165) is 22.7 Å². The lowest BCUT2D eigenvalue weighted by Crippen LogP contribution is -2.55. The summed E-state index contributed by atoms with van der Waals surface area (Å²) in [5, 5.41) is 15.0. The Labute approximate surface area is 168 Å². The molecule has 3 N–H and O–H groups in total. The normalized spacial score (nSPS) is 30.9. The van der Waals surface area contributed by atoms with Crippen LogP contribution < -0.4 is 10.6 Å². The molecule has 28 heavy (non-hydrogen) atoms. The zero-order chi connectivity index (χ0) is 19.8. The Hall–Kier alpha value is -1.88. The van der Waals surface area contributed by atoms with Crippen LogP contribution in [-0.2, 0) is 11.2 Å². The van der Waals surface area contributed by atoms with Crippen LogP contribution in [0.2, 0.25) is 0 Å². The zero-order valence-corrected chi connectivity index (χ0v) is 17.6. The van der Waals surface area contributed by atoms with Crippen molar-refractivity contribution in [2.24, 2.45) is 23.7 Å².